The number of carbonyl (C=O) groups excluding carboxylic acids is 5. The molecule has 4 heterocycles. The van der Waals surface area contributed by atoms with Crippen molar-refractivity contribution in [1.82, 2.24) is 25.6 Å². The molecule has 0 bridgehead atoms. The number of rotatable bonds is 6. The SMILES string of the molecule is CCOC1OC(=O)C[C@@H]1NC(=O)[C@@H]1CCCN2C(=O)CC[C@H](NC(=O)c3cc4ccccc4[nH]3)C(=O)N12. The molecule has 0 spiro atoms. The minimum Gasteiger partial charge on any atom is -0.433 e. The van der Waals surface area contributed by atoms with Crippen LogP contribution >= 0.6 is 0 Å². The first-order chi connectivity index (χ1) is 17.9. The topological polar surface area (TPSA) is 150 Å². The quantitative estimate of drug-likeness (QED) is 0.481. The largest absolute Gasteiger partial charge is 0.433 e. The molecule has 3 aliphatic rings. The Morgan fingerprint density at radius 3 is 2.76 bits per heavy atom. The highest BCUT2D eigenvalue weighted by Gasteiger charge is 2.46. The Hall–Kier alpha value is -3.93. The van der Waals surface area contributed by atoms with E-state index in [0.29, 0.717) is 31.7 Å². The molecule has 37 heavy (non-hydrogen) atoms. The Bertz CT molecular complexity index is 1210. The molecular weight excluding hydrogens is 482 g/mol. The number of aromatic amines is 1. The number of H-pyrrole nitrogens is 1. The molecule has 12 heteroatoms. The Morgan fingerprint density at radius 2 is 1.97 bits per heavy atom. The average molecular weight is 512 g/mol. The number of nitrogens with zero attached hydrogens (tertiary/aromatic N) is 2. The van der Waals surface area contributed by atoms with E-state index in [1.54, 1.807) is 13.0 Å². The van der Waals surface area contributed by atoms with Crippen molar-refractivity contribution >= 4 is 40.5 Å². The van der Waals surface area contributed by atoms with Crippen LogP contribution in [-0.4, -0.2) is 82.2 Å². The highest BCUT2D eigenvalue weighted by molar-refractivity contribution is 6.01. The highest BCUT2D eigenvalue weighted by atomic mass is 16.7. The molecule has 1 aromatic heterocycles. The second-order valence-electron chi connectivity index (χ2n) is 9.33. The van der Waals surface area contributed by atoms with E-state index < -0.39 is 48.1 Å². The summed E-state index contributed by atoms with van der Waals surface area (Å²) in [6, 6.07) is 6.44. The van der Waals surface area contributed by atoms with Crippen molar-refractivity contribution in [2.45, 2.75) is 63.4 Å². The number of cyclic esters (lactones) is 1. The van der Waals surface area contributed by atoms with E-state index in [2.05, 4.69) is 15.6 Å². The monoisotopic (exact) mass is 511 g/mol. The van der Waals surface area contributed by atoms with E-state index in [9.17, 15) is 24.0 Å². The third kappa shape index (κ3) is 4.88. The van der Waals surface area contributed by atoms with Crippen LogP contribution in [0, 0.1) is 0 Å². The van der Waals surface area contributed by atoms with Crippen molar-refractivity contribution in [2.75, 3.05) is 13.2 Å². The summed E-state index contributed by atoms with van der Waals surface area (Å²) in [4.78, 5) is 67.7. The lowest BCUT2D eigenvalue weighted by Crippen LogP contribution is -2.64. The number of benzene rings is 1. The van der Waals surface area contributed by atoms with E-state index in [1.807, 2.05) is 24.3 Å². The summed E-state index contributed by atoms with van der Waals surface area (Å²) >= 11 is 0. The molecule has 0 radical (unpaired) electrons. The fourth-order valence-corrected chi connectivity index (χ4v) is 5.09. The summed E-state index contributed by atoms with van der Waals surface area (Å²) in [6.07, 6.45) is 0.0436. The molecule has 3 saturated heterocycles. The predicted octanol–water partition coefficient (Wildman–Crippen LogP) is 0.589. The van der Waals surface area contributed by atoms with Crippen molar-refractivity contribution in [2.24, 2.45) is 0 Å². The number of hydrogen-bond donors (Lipinski definition) is 3. The van der Waals surface area contributed by atoms with Crippen LogP contribution in [0.5, 0.6) is 0 Å². The predicted molar refractivity (Wildman–Crippen MR) is 128 cm³/mol. The van der Waals surface area contributed by atoms with Crippen molar-refractivity contribution in [1.29, 1.82) is 0 Å². The molecule has 4 atom stereocenters. The zero-order valence-corrected chi connectivity index (χ0v) is 20.4. The number of para-hydroxylation sites is 1. The Kier molecular flexibility index (Phi) is 6.83. The summed E-state index contributed by atoms with van der Waals surface area (Å²) in [6.45, 7) is 2.33. The second-order valence-corrected chi connectivity index (χ2v) is 9.33. The Labute approximate surface area is 212 Å². The first kappa shape index (κ1) is 24.8. The fraction of sp³-hybridized carbons (Fsp3) is 0.480. The summed E-state index contributed by atoms with van der Waals surface area (Å²) in [5, 5.41) is 8.85. The molecule has 196 valence electrons. The third-order valence-corrected chi connectivity index (χ3v) is 6.87. The molecule has 3 fully saturated rings. The first-order valence-corrected chi connectivity index (χ1v) is 12.5. The van der Waals surface area contributed by atoms with Crippen LogP contribution in [0.2, 0.25) is 0 Å². The summed E-state index contributed by atoms with van der Waals surface area (Å²) < 4.78 is 10.5. The molecule has 12 nitrogen and oxygen atoms in total. The van der Waals surface area contributed by atoms with Crippen LogP contribution in [0.3, 0.4) is 0 Å². The van der Waals surface area contributed by atoms with E-state index >= 15 is 0 Å². The maximum Gasteiger partial charge on any atom is 0.310 e. The number of hydrazine groups is 1. The van der Waals surface area contributed by atoms with Gasteiger partial charge in [0.15, 0.2) is 0 Å². The minimum absolute atomic E-state index is 0.0472. The molecule has 2 aromatic rings. The number of ether oxygens (including phenoxy) is 2. The van der Waals surface area contributed by atoms with Crippen molar-refractivity contribution < 1.29 is 33.4 Å². The van der Waals surface area contributed by atoms with Crippen LogP contribution in [0.25, 0.3) is 10.9 Å². The number of fused-ring (bicyclic) bond motifs is 2. The van der Waals surface area contributed by atoms with Gasteiger partial charge in [-0.15, -0.1) is 0 Å². The zero-order valence-electron chi connectivity index (χ0n) is 20.4. The molecule has 0 saturated carbocycles. The number of aromatic nitrogens is 1. The lowest BCUT2D eigenvalue weighted by Gasteiger charge is -2.43. The summed E-state index contributed by atoms with van der Waals surface area (Å²) in [7, 11) is 0. The Morgan fingerprint density at radius 1 is 1.16 bits per heavy atom. The molecule has 0 aliphatic carbocycles. The van der Waals surface area contributed by atoms with Gasteiger partial charge in [0.1, 0.15) is 23.8 Å². The van der Waals surface area contributed by atoms with Gasteiger partial charge in [-0.3, -0.25) is 29.0 Å². The molecular formula is C25H29N5O7. The van der Waals surface area contributed by atoms with Crippen LogP contribution in [0.1, 0.15) is 49.5 Å². The molecule has 1 aromatic carbocycles. The molecule has 3 aliphatic heterocycles. The minimum atomic E-state index is -0.992. The van der Waals surface area contributed by atoms with Crippen LogP contribution in [0.4, 0.5) is 0 Å². The summed E-state index contributed by atoms with van der Waals surface area (Å²) in [5.41, 5.74) is 1.08. The van der Waals surface area contributed by atoms with E-state index in [4.69, 9.17) is 9.47 Å². The summed E-state index contributed by atoms with van der Waals surface area (Å²) in [5.74, 6) is -2.30. The van der Waals surface area contributed by atoms with Crippen molar-refractivity contribution in [3.05, 3.63) is 36.0 Å². The first-order valence-electron chi connectivity index (χ1n) is 12.5. The molecule has 1 unspecified atom stereocenters. The van der Waals surface area contributed by atoms with Gasteiger partial charge in [0, 0.05) is 30.5 Å². The smallest absolute Gasteiger partial charge is 0.310 e. The van der Waals surface area contributed by atoms with E-state index in [0.717, 1.165) is 10.9 Å². The molecule has 5 rings (SSSR count). The highest BCUT2D eigenvalue weighted by Crippen LogP contribution is 2.26. The lowest BCUT2D eigenvalue weighted by atomic mass is 10.0. The maximum absolute atomic E-state index is 13.7. The Balaban J connectivity index is 1.34. The van der Waals surface area contributed by atoms with Gasteiger partial charge >= 0.3 is 5.97 Å². The molecule has 4 amide bonds. The van der Waals surface area contributed by atoms with E-state index in [1.165, 1.54) is 10.0 Å². The van der Waals surface area contributed by atoms with Crippen LogP contribution < -0.4 is 10.6 Å². The van der Waals surface area contributed by atoms with E-state index in [-0.39, 0.29) is 25.2 Å². The third-order valence-electron chi connectivity index (χ3n) is 6.87. The average Bonchev–Trinajstić information content (AvgIpc) is 3.45. The maximum atomic E-state index is 13.7. The number of hydrogen-bond acceptors (Lipinski definition) is 7. The zero-order chi connectivity index (χ0) is 26.1. The number of amides is 4. The lowest BCUT2D eigenvalue weighted by molar-refractivity contribution is -0.177. The van der Waals surface area contributed by atoms with Gasteiger partial charge in [-0.05, 0) is 38.3 Å². The standard InChI is InChI=1S/C25H29N5O7/c1-2-36-25-18(13-21(32)37-25)28-23(34)19-8-5-11-29-20(31)10-9-16(24(35)30(19)29)27-22(33)17-12-14-6-3-4-7-15(14)26-17/h3-4,6-7,12,16,18-19,25-26H,2,5,8-11,13H2,1H3,(H,27,33)(H,28,34)/t16-,18-,19-,25?/m0/s1. The van der Waals surface area contributed by atoms with Gasteiger partial charge in [0.25, 0.3) is 11.8 Å². The van der Waals surface area contributed by atoms with Gasteiger partial charge in [-0.2, -0.15) is 0 Å². The van der Waals surface area contributed by atoms with Crippen molar-refractivity contribution in [3.8, 4) is 0 Å². The second kappa shape index (κ2) is 10.2. The fourth-order valence-electron chi connectivity index (χ4n) is 5.09. The van der Waals surface area contributed by atoms with Gasteiger partial charge in [-0.1, -0.05) is 18.2 Å². The van der Waals surface area contributed by atoms with Gasteiger partial charge in [0.05, 0.1) is 6.42 Å². The number of nitrogens with one attached hydrogen (secondary N) is 3. The van der Waals surface area contributed by atoms with Crippen molar-refractivity contribution in [3.63, 3.8) is 0 Å². The normalized spacial score (nSPS) is 26.0. The van der Waals surface area contributed by atoms with Gasteiger partial charge in [0.2, 0.25) is 18.1 Å². The number of esters is 1. The van der Waals surface area contributed by atoms with Gasteiger partial charge < -0.3 is 25.1 Å². The molecule has 3 N–H and O–H groups in total. The van der Waals surface area contributed by atoms with Crippen LogP contribution in [-0.2, 0) is 28.7 Å². The van der Waals surface area contributed by atoms with Gasteiger partial charge in [-0.25, -0.2) is 5.01 Å². The number of carbonyl (C=O) groups is 5. The van der Waals surface area contributed by atoms with Crippen LogP contribution in [0.15, 0.2) is 30.3 Å².